The normalized spacial score (nSPS) is 10.6. The summed E-state index contributed by atoms with van der Waals surface area (Å²) in [5, 5.41) is 1.05. The SMILES string of the molecule is O=c1nc2c(Cl)cncc2c(Cl)[nH]1. The summed E-state index contributed by atoms with van der Waals surface area (Å²) in [5.41, 5.74) is -0.156. The molecule has 66 valence electrons. The topological polar surface area (TPSA) is 58.6 Å². The largest absolute Gasteiger partial charge is 0.346 e. The van der Waals surface area contributed by atoms with Crippen LogP contribution < -0.4 is 5.69 Å². The van der Waals surface area contributed by atoms with Crippen LogP contribution in [0, 0.1) is 0 Å². The molecule has 0 amide bonds. The van der Waals surface area contributed by atoms with Crippen LogP contribution in [0.15, 0.2) is 17.2 Å². The fourth-order valence-corrected chi connectivity index (χ4v) is 1.41. The lowest BCUT2D eigenvalue weighted by Gasteiger charge is -1.98. The highest BCUT2D eigenvalue weighted by atomic mass is 35.5. The number of H-pyrrole nitrogens is 1. The van der Waals surface area contributed by atoms with Gasteiger partial charge in [-0.2, -0.15) is 4.98 Å². The van der Waals surface area contributed by atoms with Crippen LogP contribution in [-0.2, 0) is 0 Å². The first-order chi connectivity index (χ1) is 6.18. The zero-order chi connectivity index (χ0) is 9.42. The van der Waals surface area contributed by atoms with Gasteiger partial charge in [0.1, 0.15) is 10.7 Å². The van der Waals surface area contributed by atoms with Gasteiger partial charge in [-0.15, -0.1) is 0 Å². The Bertz CT molecular complexity index is 523. The summed E-state index contributed by atoms with van der Waals surface area (Å²) in [7, 11) is 0. The summed E-state index contributed by atoms with van der Waals surface area (Å²) in [5.74, 6) is 0. The molecule has 1 N–H and O–H groups in total. The zero-order valence-electron chi connectivity index (χ0n) is 6.21. The molecule has 0 bridgehead atoms. The molecular weight excluding hydrogens is 213 g/mol. The molecule has 0 unspecified atom stereocenters. The van der Waals surface area contributed by atoms with Gasteiger partial charge in [0.05, 0.1) is 10.4 Å². The minimum absolute atomic E-state index is 0.199. The molecule has 0 atom stereocenters. The lowest BCUT2D eigenvalue weighted by Crippen LogP contribution is -2.10. The molecule has 0 saturated carbocycles. The third-order valence-electron chi connectivity index (χ3n) is 1.54. The number of hydrogen-bond donors (Lipinski definition) is 1. The first kappa shape index (κ1) is 8.47. The van der Waals surface area contributed by atoms with Crippen molar-refractivity contribution in [2.75, 3.05) is 0 Å². The van der Waals surface area contributed by atoms with Crippen molar-refractivity contribution in [3.05, 3.63) is 33.1 Å². The van der Waals surface area contributed by atoms with E-state index >= 15 is 0 Å². The third-order valence-corrected chi connectivity index (χ3v) is 2.11. The fourth-order valence-electron chi connectivity index (χ4n) is 0.993. The number of fused-ring (bicyclic) bond motifs is 1. The Labute approximate surface area is 82.5 Å². The number of nitrogens with zero attached hydrogens (tertiary/aromatic N) is 2. The number of rotatable bonds is 0. The van der Waals surface area contributed by atoms with Crippen LogP contribution >= 0.6 is 23.2 Å². The Hall–Kier alpha value is -1.13. The molecule has 0 aliphatic heterocycles. The van der Waals surface area contributed by atoms with E-state index in [1.807, 2.05) is 0 Å². The van der Waals surface area contributed by atoms with E-state index in [9.17, 15) is 4.79 Å². The second kappa shape index (κ2) is 2.97. The van der Waals surface area contributed by atoms with Gasteiger partial charge in [0.15, 0.2) is 0 Å². The molecule has 2 aromatic heterocycles. The predicted octanol–water partition coefficient (Wildman–Crippen LogP) is 1.62. The predicted molar refractivity (Wildman–Crippen MR) is 50.2 cm³/mol. The van der Waals surface area contributed by atoms with Crippen molar-refractivity contribution in [1.29, 1.82) is 0 Å². The zero-order valence-corrected chi connectivity index (χ0v) is 7.73. The summed E-state index contributed by atoms with van der Waals surface area (Å²) < 4.78 is 0. The average Bonchev–Trinajstić information content (AvgIpc) is 2.07. The standard InChI is InChI=1S/C7H3Cl2N3O/c8-4-2-10-1-3-5(4)11-7(13)12-6(3)9/h1-2H,(H,11,12,13). The van der Waals surface area contributed by atoms with Gasteiger partial charge in [-0.1, -0.05) is 23.2 Å². The monoisotopic (exact) mass is 215 g/mol. The van der Waals surface area contributed by atoms with Gasteiger partial charge in [0.2, 0.25) is 0 Å². The van der Waals surface area contributed by atoms with Crippen molar-refractivity contribution in [2.24, 2.45) is 0 Å². The summed E-state index contributed by atoms with van der Waals surface area (Å²) in [6.45, 7) is 0. The van der Waals surface area contributed by atoms with E-state index in [2.05, 4.69) is 15.0 Å². The molecule has 2 rings (SSSR count). The molecule has 0 spiro atoms. The van der Waals surface area contributed by atoms with Crippen molar-refractivity contribution >= 4 is 34.1 Å². The minimum Gasteiger partial charge on any atom is -0.296 e. The fraction of sp³-hybridized carbons (Fsp3) is 0. The van der Waals surface area contributed by atoms with Crippen molar-refractivity contribution < 1.29 is 0 Å². The van der Waals surface area contributed by atoms with Crippen molar-refractivity contribution in [2.45, 2.75) is 0 Å². The third kappa shape index (κ3) is 1.38. The van der Waals surface area contributed by atoms with E-state index in [1.165, 1.54) is 12.4 Å². The number of halogens is 2. The van der Waals surface area contributed by atoms with Gasteiger partial charge in [-0.3, -0.25) is 9.97 Å². The summed E-state index contributed by atoms with van der Waals surface area (Å²) >= 11 is 11.5. The Kier molecular flexibility index (Phi) is 1.94. The molecule has 2 aromatic rings. The van der Waals surface area contributed by atoms with Crippen molar-refractivity contribution in [3.63, 3.8) is 0 Å². The number of aromatic nitrogens is 3. The maximum absolute atomic E-state index is 10.9. The highest BCUT2D eigenvalue weighted by Gasteiger charge is 2.05. The molecule has 0 aromatic carbocycles. The number of pyridine rings is 1. The van der Waals surface area contributed by atoms with E-state index in [-0.39, 0.29) is 5.15 Å². The second-order valence-electron chi connectivity index (χ2n) is 2.37. The molecule has 13 heavy (non-hydrogen) atoms. The molecule has 0 aliphatic carbocycles. The van der Waals surface area contributed by atoms with E-state index in [0.717, 1.165) is 0 Å². The van der Waals surface area contributed by atoms with Crippen molar-refractivity contribution in [1.82, 2.24) is 15.0 Å². The first-order valence-electron chi connectivity index (χ1n) is 3.37. The maximum Gasteiger partial charge on any atom is 0.346 e. The molecule has 0 saturated heterocycles. The van der Waals surface area contributed by atoms with E-state index in [4.69, 9.17) is 23.2 Å². The molecule has 0 radical (unpaired) electrons. The second-order valence-corrected chi connectivity index (χ2v) is 3.16. The Morgan fingerprint density at radius 1 is 1.31 bits per heavy atom. The molecule has 4 nitrogen and oxygen atoms in total. The number of nitrogens with one attached hydrogen (secondary N) is 1. The van der Waals surface area contributed by atoms with Crippen LogP contribution in [0.4, 0.5) is 0 Å². The minimum atomic E-state index is -0.523. The van der Waals surface area contributed by atoms with Gasteiger partial charge < -0.3 is 0 Å². The smallest absolute Gasteiger partial charge is 0.296 e. The van der Waals surface area contributed by atoms with Gasteiger partial charge >= 0.3 is 5.69 Å². The quantitative estimate of drug-likeness (QED) is 0.680. The maximum atomic E-state index is 10.9. The van der Waals surface area contributed by atoms with Gasteiger partial charge in [-0.05, 0) is 0 Å². The van der Waals surface area contributed by atoms with E-state index in [1.54, 1.807) is 0 Å². The summed E-state index contributed by atoms with van der Waals surface area (Å²) in [4.78, 5) is 20.8. The van der Waals surface area contributed by atoms with Crippen molar-refractivity contribution in [3.8, 4) is 0 Å². The number of hydrogen-bond acceptors (Lipinski definition) is 3. The average molecular weight is 216 g/mol. The van der Waals surface area contributed by atoms with Gasteiger partial charge in [0, 0.05) is 12.4 Å². The molecule has 2 heterocycles. The van der Waals surface area contributed by atoms with Crippen LogP contribution in [0.1, 0.15) is 0 Å². The van der Waals surface area contributed by atoms with Crippen LogP contribution in [0.25, 0.3) is 10.9 Å². The van der Waals surface area contributed by atoms with Crippen LogP contribution in [0.5, 0.6) is 0 Å². The van der Waals surface area contributed by atoms with E-state index < -0.39 is 5.69 Å². The Balaban J connectivity index is 3.03. The Morgan fingerprint density at radius 2 is 2.08 bits per heavy atom. The highest BCUT2D eigenvalue weighted by molar-refractivity contribution is 6.38. The van der Waals surface area contributed by atoms with Gasteiger partial charge in [0.25, 0.3) is 0 Å². The van der Waals surface area contributed by atoms with E-state index in [0.29, 0.717) is 15.9 Å². The van der Waals surface area contributed by atoms with Crippen LogP contribution in [0.2, 0.25) is 10.2 Å². The van der Waals surface area contributed by atoms with Gasteiger partial charge in [-0.25, -0.2) is 4.79 Å². The summed E-state index contributed by atoms with van der Waals surface area (Å²) in [6, 6.07) is 0. The highest BCUT2D eigenvalue weighted by Crippen LogP contribution is 2.22. The Morgan fingerprint density at radius 3 is 2.85 bits per heavy atom. The first-order valence-corrected chi connectivity index (χ1v) is 4.13. The summed E-state index contributed by atoms with van der Waals surface area (Å²) in [6.07, 6.45) is 2.90. The number of aromatic amines is 1. The molecule has 0 aliphatic rings. The van der Waals surface area contributed by atoms with Crippen LogP contribution in [-0.4, -0.2) is 15.0 Å². The molecular formula is C7H3Cl2N3O. The lowest BCUT2D eigenvalue weighted by atomic mass is 10.3. The molecule has 6 heteroatoms. The lowest BCUT2D eigenvalue weighted by molar-refractivity contribution is 1.11. The van der Waals surface area contributed by atoms with Crippen LogP contribution in [0.3, 0.4) is 0 Å². The molecule has 0 fully saturated rings.